The number of nitrogens with zero attached hydrogens (tertiary/aromatic N) is 3. The molecule has 5 heteroatoms. The summed E-state index contributed by atoms with van der Waals surface area (Å²) in [5, 5.41) is 0. The summed E-state index contributed by atoms with van der Waals surface area (Å²) in [6.45, 7) is 4.47. The van der Waals surface area contributed by atoms with Gasteiger partial charge < -0.3 is 14.7 Å². The summed E-state index contributed by atoms with van der Waals surface area (Å²) >= 11 is 0. The van der Waals surface area contributed by atoms with Crippen LogP contribution < -0.4 is 4.90 Å². The van der Waals surface area contributed by atoms with Crippen LogP contribution in [0.3, 0.4) is 0 Å². The van der Waals surface area contributed by atoms with Gasteiger partial charge in [-0.2, -0.15) is 0 Å². The van der Waals surface area contributed by atoms with E-state index in [2.05, 4.69) is 11.0 Å². The number of carbonyl (C=O) groups excluding carboxylic acids is 2. The molecule has 0 spiro atoms. The summed E-state index contributed by atoms with van der Waals surface area (Å²) in [6.07, 6.45) is 2.23. The first-order valence-corrected chi connectivity index (χ1v) is 8.27. The van der Waals surface area contributed by atoms with Gasteiger partial charge in [0.05, 0.1) is 0 Å². The molecule has 0 radical (unpaired) electrons. The third kappa shape index (κ3) is 4.79. The molecule has 1 aromatic rings. The Morgan fingerprint density at radius 3 is 2.57 bits per heavy atom. The van der Waals surface area contributed by atoms with Gasteiger partial charge in [0.15, 0.2) is 0 Å². The van der Waals surface area contributed by atoms with E-state index in [0.717, 1.165) is 31.6 Å². The van der Waals surface area contributed by atoms with Crippen molar-refractivity contribution >= 4 is 17.5 Å². The van der Waals surface area contributed by atoms with Crippen molar-refractivity contribution in [2.45, 2.75) is 26.2 Å². The first-order chi connectivity index (χ1) is 11.0. The highest BCUT2D eigenvalue weighted by Gasteiger charge is 2.24. The minimum atomic E-state index is 0.0402. The molecule has 2 amide bonds. The van der Waals surface area contributed by atoms with Gasteiger partial charge in [-0.1, -0.05) is 18.2 Å². The van der Waals surface area contributed by atoms with Gasteiger partial charge in [-0.15, -0.1) is 0 Å². The Hall–Kier alpha value is -1.88. The molecule has 1 aliphatic heterocycles. The molecule has 126 valence electrons. The van der Waals surface area contributed by atoms with Crippen molar-refractivity contribution in [3.63, 3.8) is 0 Å². The predicted molar refractivity (Wildman–Crippen MR) is 92.5 cm³/mol. The van der Waals surface area contributed by atoms with Crippen LogP contribution in [0, 0.1) is 0 Å². The quantitative estimate of drug-likeness (QED) is 0.770. The average Bonchev–Trinajstić information content (AvgIpc) is 2.93. The summed E-state index contributed by atoms with van der Waals surface area (Å²) in [5.41, 5.74) is 2.26. The van der Waals surface area contributed by atoms with Gasteiger partial charge in [0.2, 0.25) is 11.8 Å². The van der Waals surface area contributed by atoms with Gasteiger partial charge in [-0.25, -0.2) is 0 Å². The number of fused-ring (bicyclic) bond motifs is 1. The summed E-state index contributed by atoms with van der Waals surface area (Å²) < 4.78 is 0. The average molecular weight is 317 g/mol. The lowest BCUT2D eigenvalue weighted by molar-refractivity contribution is -0.129. The van der Waals surface area contributed by atoms with Crippen molar-refractivity contribution in [3.05, 3.63) is 29.8 Å². The van der Waals surface area contributed by atoms with Gasteiger partial charge in [0.1, 0.15) is 0 Å². The highest BCUT2D eigenvalue weighted by atomic mass is 16.2. The molecule has 2 rings (SSSR count). The second-order valence-electron chi connectivity index (χ2n) is 6.34. The van der Waals surface area contributed by atoms with Crippen molar-refractivity contribution in [2.24, 2.45) is 0 Å². The Kier molecular flexibility index (Phi) is 6.16. The highest BCUT2D eigenvalue weighted by Crippen LogP contribution is 2.27. The molecule has 1 aromatic carbocycles. The van der Waals surface area contributed by atoms with E-state index in [4.69, 9.17) is 0 Å². The van der Waals surface area contributed by atoms with Crippen LogP contribution in [0.5, 0.6) is 0 Å². The second-order valence-corrected chi connectivity index (χ2v) is 6.34. The SMILES string of the molecule is CC(=O)N(CCCN(C)C)CCC(=O)N1CCc2ccccc21. The van der Waals surface area contributed by atoms with E-state index in [9.17, 15) is 9.59 Å². The molecular formula is C18H27N3O2. The van der Waals surface area contributed by atoms with E-state index < -0.39 is 0 Å². The number of para-hydroxylation sites is 1. The monoisotopic (exact) mass is 317 g/mol. The molecule has 0 saturated heterocycles. The highest BCUT2D eigenvalue weighted by molar-refractivity contribution is 5.95. The fourth-order valence-corrected chi connectivity index (χ4v) is 2.97. The Labute approximate surface area is 138 Å². The standard InChI is InChI=1S/C18H27N3O2/c1-15(22)20(12-6-11-19(2)3)13-10-18(23)21-14-9-16-7-4-5-8-17(16)21/h4-5,7-8H,6,9-14H2,1-3H3. The maximum absolute atomic E-state index is 12.5. The van der Waals surface area contributed by atoms with E-state index in [-0.39, 0.29) is 11.8 Å². The van der Waals surface area contributed by atoms with Gasteiger partial charge in [0.25, 0.3) is 0 Å². The summed E-state index contributed by atoms with van der Waals surface area (Å²) in [4.78, 5) is 30.0. The zero-order valence-electron chi connectivity index (χ0n) is 14.4. The molecule has 0 N–H and O–H groups in total. The van der Waals surface area contributed by atoms with Crippen molar-refractivity contribution in [2.75, 3.05) is 45.2 Å². The van der Waals surface area contributed by atoms with Crippen LogP contribution in [0.2, 0.25) is 0 Å². The van der Waals surface area contributed by atoms with Gasteiger partial charge in [-0.05, 0) is 45.1 Å². The van der Waals surface area contributed by atoms with Crippen molar-refractivity contribution in [1.29, 1.82) is 0 Å². The van der Waals surface area contributed by atoms with Crippen LogP contribution in [0.15, 0.2) is 24.3 Å². The van der Waals surface area contributed by atoms with Crippen LogP contribution >= 0.6 is 0 Å². The maximum atomic E-state index is 12.5. The molecule has 0 saturated carbocycles. The number of rotatable bonds is 7. The minimum Gasteiger partial charge on any atom is -0.342 e. The van der Waals surface area contributed by atoms with Crippen LogP contribution in [0.25, 0.3) is 0 Å². The molecule has 1 heterocycles. The van der Waals surface area contributed by atoms with Gasteiger partial charge >= 0.3 is 0 Å². The molecule has 0 fully saturated rings. The molecule has 0 unspecified atom stereocenters. The lowest BCUT2D eigenvalue weighted by Gasteiger charge is -2.23. The fourth-order valence-electron chi connectivity index (χ4n) is 2.97. The molecule has 23 heavy (non-hydrogen) atoms. The van der Waals surface area contributed by atoms with Crippen LogP contribution in [-0.4, -0.2) is 61.9 Å². The third-order valence-corrected chi connectivity index (χ3v) is 4.26. The number of carbonyl (C=O) groups is 2. The smallest absolute Gasteiger partial charge is 0.228 e. The first-order valence-electron chi connectivity index (χ1n) is 8.27. The fraction of sp³-hybridized carbons (Fsp3) is 0.556. The topological polar surface area (TPSA) is 43.9 Å². The third-order valence-electron chi connectivity index (χ3n) is 4.26. The van der Waals surface area contributed by atoms with E-state index >= 15 is 0 Å². The van der Waals surface area contributed by atoms with Gasteiger partial charge in [0, 0.05) is 38.7 Å². The largest absolute Gasteiger partial charge is 0.342 e. The zero-order chi connectivity index (χ0) is 16.8. The first kappa shape index (κ1) is 17.5. The van der Waals surface area contributed by atoms with Crippen LogP contribution in [-0.2, 0) is 16.0 Å². The van der Waals surface area contributed by atoms with E-state index in [1.54, 1.807) is 11.8 Å². The van der Waals surface area contributed by atoms with Crippen molar-refractivity contribution < 1.29 is 9.59 Å². The molecule has 5 nitrogen and oxygen atoms in total. The summed E-state index contributed by atoms with van der Waals surface area (Å²) in [6, 6.07) is 8.05. The zero-order valence-corrected chi connectivity index (χ0v) is 14.4. The Morgan fingerprint density at radius 1 is 1.13 bits per heavy atom. The van der Waals surface area contributed by atoms with E-state index in [1.165, 1.54) is 5.56 Å². The predicted octanol–water partition coefficient (Wildman–Crippen LogP) is 1.77. The van der Waals surface area contributed by atoms with Crippen LogP contribution in [0.1, 0.15) is 25.3 Å². The van der Waals surface area contributed by atoms with E-state index in [1.807, 2.05) is 37.2 Å². The number of hydrogen-bond donors (Lipinski definition) is 0. The number of benzene rings is 1. The second kappa shape index (κ2) is 8.11. The summed E-state index contributed by atoms with van der Waals surface area (Å²) in [5.74, 6) is 0.146. The molecule has 0 aromatic heterocycles. The Morgan fingerprint density at radius 2 is 1.87 bits per heavy atom. The van der Waals surface area contributed by atoms with Gasteiger partial charge in [-0.3, -0.25) is 9.59 Å². The van der Waals surface area contributed by atoms with E-state index in [0.29, 0.717) is 19.5 Å². The normalized spacial score (nSPS) is 13.3. The molecule has 0 bridgehead atoms. The lowest BCUT2D eigenvalue weighted by Crippen LogP contribution is -2.36. The molecule has 0 atom stereocenters. The Bertz CT molecular complexity index is 557. The molecule has 1 aliphatic rings. The number of hydrogen-bond acceptors (Lipinski definition) is 3. The van der Waals surface area contributed by atoms with Crippen molar-refractivity contribution in [1.82, 2.24) is 9.80 Å². The van der Waals surface area contributed by atoms with Crippen LogP contribution in [0.4, 0.5) is 5.69 Å². The molecule has 0 aliphatic carbocycles. The number of amides is 2. The number of anilines is 1. The van der Waals surface area contributed by atoms with Crippen molar-refractivity contribution in [3.8, 4) is 0 Å². The summed E-state index contributed by atoms with van der Waals surface area (Å²) in [7, 11) is 4.04. The minimum absolute atomic E-state index is 0.0402. The Balaban J connectivity index is 1.86. The molecular weight excluding hydrogens is 290 g/mol. The maximum Gasteiger partial charge on any atom is 0.228 e. The lowest BCUT2D eigenvalue weighted by atomic mass is 10.2.